The molecular weight excluding hydrogens is 184 g/mol. The lowest BCUT2D eigenvalue weighted by atomic mass is 9.95. The second-order valence-corrected chi connectivity index (χ2v) is 3.26. The predicted octanol–water partition coefficient (Wildman–Crippen LogP) is 1.06. The molecule has 0 unspecified atom stereocenters. The molecule has 0 aromatic heterocycles. The van der Waals surface area contributed by atoms with Crippen LogP contribution in [-0.2, 0) is 19.1 Å². The van der Waals surface area contributed by atoms with Crippen molar-refractivity contribution in [3.05, 3.63) is 12.2 Å². The summed E-state index contributed by atoms with van der Waals surface area (Å²) in [6.45, 7) is 5.50. The number of hydrogen-bond acceptors (Lipinski definition) is 4. The molecular formula is C10H14O4. The lowest BCUT2D eigenvalue weighted by Crippen LogP contribution is -2.26. The lowest BCUT2D eigenvalue weighted by Gasteiger charge is -2.14. The number of esters is 2. The first-order valence-corrected chi connectivity index (χ1v) is 4.59. The lowest BCUT2D eigenvalue weighted by molar-refractivity contribution is -0.147. The molecule has 0 aromatic rings. The Balaban J connectivity index is 2.81. The molecule has 1 rings (SSSR count). The molecule has 1 aliphatic rings. The van der Waals surface area contributed by atoms with Gasteiger partial charge in [0.1, 0.15) is 12.0 Å². The van der Waals surface area contributed by atoms with E-state index in [1.165, 1.54) is 7.11 Å². The molecule has 1 heterocycles. The van der Waals surface area contributed by atoms with Crippen molar-refractivity contribution in [1.29, 1.82) is 0 Å². The number of carbonyl (C=O) groups excluding carboxylic acids is 2. The minimum absolute atomic E-state index is 0.204. The number of cyclic esters (lactones) is 1. The summed E-state index contributed by atoms with van der Waals surface area (Å²) >= 11 is 0. The van der Waals surface area contributed by atoms with Crippen LogP contribution in [0.5, 0.6) is 0 Å². The average Bonchev–Trinajstić information content (AvgIpc) is 2.43. The summed E-state index contributed by atoms with van der Waals surface area (Å²) < 4.78 is 9.61. The Bertz CT molecular complexity index is 269. The topological polar surface area (TPSA) is 52.6 Å². The van der Waals surface area contributed by atoms with Gasteiger partial charge in [-0.15, -0.1) is 0 Å². The largest absolute Gasteiger partial charge is 0.468 e. The maximum atomic E-state index is 11.3. The van der Waals surface area contributed by atoms with Crippen LogP contribution >= 0.6 is 0 Å². The molecule has 0 spiro atoms. The number of rotatable bonds is 3. The van der Waals surface area contributed by atoms with E-state index < -0.39 is 24.0 Å². The van der Waals surface area contributed by atoms with Crippen molar-refractivity contribution in [2.75, 3.05) is 7.11 Å². The van der Waals surface area contributed by atoms with Crippen molar-refractivity contribution in [3.8, 4) is 0 Å². The summed E-state index contributed by atoms with van der Waals surface area (Å²) in [4.78, 5) is 22.5. The normalized spacial score (nSPS) is 26.1. The number of hydrogen-bond donors (Lipinski definition) is 0. The van der Waals surface area contributed by atoms with E-state index in [9.17, 15) is 9.59 Å². The van der Waals surface area contributed by atoms with Crippen LogP contribution in [0.15, 0.2) is 12.2 Å². The van der Waals surface area contributed by atoms with Gasteiger partial charge in [-0.1, -0.05) is 19.9 Å². The molecule has 0 N–H and O–H groups in total. The van der Waals surface area contributed by atoms with E-state index in [0.29, 0.717) is 6.42 Å². The Kier molecular flexibility index (Phi) is 3.28. The van der Waals surface area contributed by atoms with Crippen LogP contribution < -0.4 is 0 Å². The van der Waals surface area contributed by atoms with E-state index in [4.69, 9.17) is 4.74 Å². The summed E-state index contributed by atoms with van der Waals surface area (Å²) in [5.74, 6) is -1.55. The molecule has 78 valence electrons. The van der Waals surface area contributed by atoms with Gasteiger partial charge in [0.2, 0.25) is 0 Å². The van der Waals surface area contributed by atoms with Gasteiger partial charge < -0.3 is 9.47 Å². The summed E-state index contributed by atoms with van der Waals surface area (Å²) in [7, 11) is 1.29. The smallest absolute Gasteiger partial charge is 0.334 e. The van der Waals surface area contributed by atoms with Crippen molar-refractivity contribution in [2.45, 2.75) is 25.9 Å². The van der Waals surface area contributed by atoms with Gasteiger partial charge in [0.15, 0.2) is 0 Å². The molecule has 4 heteroatoms. The van der Waals surface area contributed by atoms with Gasteiger partial charge in [0, 0.05) is 5.57 Å². The molecule has 2 atom stereocenters. The summed E-state index contributed by atoms with van der Waals surface area (Å²) in [6.07, 6.45) is 1.11. The molecule has 1 fully saturated rings. The summed E-state index contributed by atoms with van der Waals surface area (Å²) in [6, 6.07) is 0. The first-order chi connectivity index (χ1) is 6.61. The fourth-order valence-corrected chi connectivity index (χ4v) is 1.56. The fraction of sp³-hybridized carbons (Fsp3) is 0.600. The average molecular weight is 198 g/mol. The van der Waals surface area contributed by atoms with E-state index in [2.05, 4.69) is 11.3 Å². The standard InChI is InChI=1S/C10H14O4/c1-4-5-7-8(10(12)13-3)6(2)9(11)14-7/h7-8H,2,4-5H2,1,3H3/t7-,8-/m0/s1. The zero-order valence-corrected chi connectivity index (χ0v) is 8.41. The van der Waals surface area contributed by atoms with Gasteiger partial charge in [0.05, 0.1) is 7.11 Å². The van der Waals surface area contributed by atoms with Gasteiger partial charge >= 0.3 is 11.9 Å². The highest BCUT2D eigenvalue weighted by atomic mass is 16.6. The Labute approximate surface area is 82.9 Å². The van der Waals surface area contributed by atoms with E-state index in [1.807, 2.05) is 6.92 Å². The second kappa shape index (κ2) is 4.26. The van der Waals surface area contributed by atoms with E-state index in [1.54, 1.807) is 0 Å². The molecule has 1 saturated heterocycles. The molecule has 4 nitrogen and oxygen atoms in total. The highest BCUT2D eigenvalue weighted by molar-refractivity contribution is 5.98. The number of ether oxygens (including phenoxy) is 2. The van der Waals surface area contributed by atoms with E-state index in [0.717, 1.165) is 6.42 Å². The molecule has 0 aromatic carbocycles. The van der Waals surface area contributed by atoms with E-state index >= 15 is 0 Å². The van der Waals surface area contributed by atoms with E-state index in [-0.39, 0.29) is 5.57 Å². The predicted molar refractivity (Wildman–Crippen MR) is 49.4 cm³/mol. The van der Waals surface area contributed by atoms with Crippen molar-refractivity contribution in [2.24, 2.45) is 5.92 Å². The Morgan fingerprint density at radius 1 is 1.64 bits per heavy atom. The summed E-state index contributed by atoms with van der Waals surface area (Å²) in [5.41, 5.74) is 0.204. The molecule has 1 aliphatic heterocycles. The Morgan fingerprint density at radius 2 is 2.29 bits per heavy atom. The van der Waals surface area contributed by atoms with Crippen molar-refractivity contribution in [3.63, 3.8) is 0 Å². The molecule has 0 saturated carbocycles. The van der Waals surface area contributed by atoms with Gasteiger partial charge in [-0.05, 0) is 6.42 Å². The number of carbonyl (C=O) groups is 2. The second-order valence-electron chi connectivity index (χ2n) is 3.26. The van der Waals surface area contributed by atoms with Crippen LogP contribution in [-0.4, -0.2) is 25.2 Å². The van der Waals surface area contributed by atoms with Crippen LogP contribution in [0, 0.1) is 5.92 Å². The maximum Gasteiger partial charge on any atom is 0.334 e. The fourth-order valence-electron chi connectivity index (χ4n) is 1.56. The summed E-state index contributed by atoms with van der Waals surface area (Å²) in [5, 5.41) is 0. The molecule has 0 amide bonds. The third-order valence-corrected chi connectivity index (χ3v) is 2.30. The third kappa shape index (κ3) is 1.78. The van der Waals surface area contributed by atoms with Crippen molar-refractivity contribution >= 4 is 11.9 Å². The van der Waals surface area contributed by atoms with Crippen LogP contribution in [0.4, 0.5) is 0 Å². The first kappa shape index (κ1) is 10.8. The molecule has 0 bridgehead atoms. The van der Waals surface area contributed by atoms with Gasteiger partial charge in [-0.25, -0.2) is 4.79 Å². The highest BCUT2D eigenvalue weighted by Gasteiger charge is 2.43. The zero-order valence-electron chi connectivity index (χ0n) is 8.41. The maximum absolute atomic E-state index is 11.3. The highest BCUT2D eigenvalue weighted by Crippen LogP contribution is 2.30. The molecule has 0 aliphatic carbocycles. The van der Waals surface area contributed by atoms with Crippen LogP contribution in [0.25, 0.3) is 0 Å². The monoisotopic (exact) mass is 198 g/mol. The minimum Gasteiger partial charge on any atom is -0.468 e. The minimum atomic E-state index is -0.618. The molecule has 0 radical (unpaired) electrons. The Hall–Kier alpha value is -1.32. The Morgan fingerprint density at radius 3 is 2.79 bits per heavy atom. The molecule has 14 heavy (non-hydrogen) atoms. The van der Waals surface area contributed by atoms with Gasteiger partial charge in [-0.2, -0.15) is 0 Å². The SMILES string of the molecule is C=C1C(=O)O[C@@H](CCC)[C@H]1C(=O)OC. The van der Waals surface area contributed by atoms with Gasteiger partial charge in [-0.3, -0.25) is 4.79 Å². The third-order valence-electron chi connectivity index (χ3n) is 2.30. The van der Waals surface area contributed by atoms with Gasteiger partial charge in [0.25, 0.3) is 0 Å². The number of methoxy groups -OCH3 is 1. The van der Waals surface area contributed by atoms with Crippen molar-refractivity contribution in [1.82, 2.24) is 0 Å². The zero-order chi connectivity index (χ0) is 10.7. The first-order valence-electron chi connectivity index (χ1n) is 4.59. The van der Waals surface area contributed by atoms with Crippen LogP contribution in [0.2, 0.25) is 0 Å². The quantitative estimate of drug-likeness (QED) is 0.502. The van der Waals surface area contributed by atoms with Crippen LogP contribution in [0.3, 0.4) is 0 Å². The van der Waals surface area contributed by atoms with Crippen LogP contribution in [0.1, 0.15) is 19.8 Å². The van der Waals surface area contributed by atoms with Crippen molar-refractivity contribution < 1.29 is 19.1 Å².